The van der Waals surface area contributed by atoms with Crippen molar-refractivity contribution in [3.05, 3.63) is 11.6 Å². The third kappa shape index (κ3) is 4.68. The van der Waals surface area contributed by atoms with Crippen molar-refractivity contribution in [3.8, 4) is 0 Å². The number of carbonyl (C=O) groups is 1. The van der Waals surface area contributed by atoms with Crippen molar-refractivity contribution in [2.45, 2.75) is 92.4 Å². The number of carbonyl (C=O) groups excluding carboxylic acids is 1. The molecule has 2 saturated carbocycles. The highest BCUT2D eigenvalue weighted by Gasteiger charge is 2.59. The lowest BCUT2D eigenvalue weighted by atomic mass is 9.50. The van der Waals surface area contributed by atoms with Crippen LogP contribution in [-0.2, 0) is 4.79 Å². The fourth-order valence-corrected chi connectivity index (χ4v) is 8.59. The van der Waals surface area contributed by atoms with Crippen LogP contribution in [0, 0.1) is 46.3 Å². The Morgan fingerprint density at radius 1 is 1.21 bits per heavy atom. The first-order valence-corrected chi connectivity index (χ1v) is 14.1. The second kappa shape index (κ2) is 9.91. The Hall–Kier alpha value is -1.43. The van der Waals surface area contributed by atoms with Gasteiger partial charge in [-0.2, -0.15) is 5.10 Å². The first-order valence-electron chi connectivity index (χ1n) is 13.7. The normalized spacial score (nSPS) is 39.4. The Morgan fingerprint density at radius 2 is 1.97 bits per heavy atom. The summed E-state index contributed by atoms with van der Waals surface area (Å²) in [5.41, 5.74) is 10.4. The number of rotatable bonds is 6. The van der Waals surface area contributed by atoms with Gasteiger partial charge in [-0.1, -0.05) is 53.9 Å². The molecule has 6 heteroatoms. The SMILES string of the molecule is CC(C)CCCC(C)C1CCC2C3CNC(=O)C4=C/C(=N/NC(N)=S)CC[C@]4(C)C3CC[C@]12C. The zero-order valence-corrected chi connectivity index (χ0v) is 22.8. The second-order valence-electron chi connectivity index (χ2n) is 12.7. The summed E-state index contributed by atoms with van der Waals surface area (Å²) < 4.78 is 0. The van der Waals surface area contributed by atoms with E-state index >= 15 is 0 Å². The van der Waals surface area contributed by atoms with Crippen LogP contribution in [0.4, 0.5) is 0 Å². The lowest BCUT2D eigenvalue weighted by Gasteiger charge is -2.54. The molecule has 0 aromatic heterocycles. The summed E-state index contributed by atoms with van der Waals surface area (Å²) in [6.07, 6.45) is 13.1. The standard InChI is InChI=1S/C28H46N4OS/c1-17(2)7-6-8-18(3)21-9-10-22-20-16-30-25(33)24-15-19(31-32-26(29)34)11-13-28(24,5)23(20)12-14-27(21,22)4/h15,17-18,20-23H,6-14,16H2,1-5H3,(H,30,33)(H3,29,32,34)/b31-19+/t18?,20?,21?,22?,23?,27-,28-/m1/s1. The number of nitrogens with one attached hydrogen (secondary N) is 2. The topological polar surface area (TPSA) is 79.5 Å². The maximum Gasteiger partial charge on any atom is 0.247 e. The molecule has 5 nitrogen and oxygen atoms in total. The molecule has 1 aliphatic heterocycles. The van der Waals surface area contributed by atoms with E-state index in [9.17, 15) is 4.79 Å². The Balaban J connectivity index is 1.55. The number of thiocarbonyl (C=S) groups is 1. The van der Waals surface area contributed by atoms with Crippen LogP contribution in [0.3, 0.4) is 0 Å². The maximum absolute atomic E-state index is 13.3. The van der Waals surface area contributed by atoms with Gasteiger partial charge in [0.25, 0.3) is 0 Å². The average molecular weight is 487 g/mol. The molecule has 190 valence electrons. The Kier molecular flexibility index (Phi) is 7.48. The quantitative estimate of drug-likeness (QED) is 0.339. The van der Waals surface area contributed by atoms with E-state index in [-0.39, 0.29) is 16.4 Å². The van der Waals surface area contributed by atoms with Crippen molar-refractivity contribution in [3.63, 3.8) is 0 Å². The molecular weight excluding hydrogens is 440 g/mol. The molecule has 5 unspecified atom stereocenters. The van der Waals surface area contributed by atoms with Crippen LogP contribution in [-0.4, -0.2) is 23.3 Å². The lowest BCUT2D eigenvalue weighted by molar-refractivity contribution is -0.118. The van der Waals surface area contributed by atoms with Crippen molar-refractivity contribution < 1.29 is 4.79 Å². The van der Waals surface area contributed by atoms with Crippen LogP contribution in [0.25, 0.3) is 0 Å². The molecule has 7 atom stereocenters. The van der Waals surface area contributed by atoms with Crippen molar-refractivity contribution in [1.82, 2.24) is 10.7 Å². The van der Waals surface area contributed by atoms with Gasteiger partial charge in [0.15, 0.2) is 5.11 Å². The Morgan fingerprint density at radius 3 is 2.68 bits per heavy atom. The van der Waals surface area contributed by atoms with Crippen molar-refractivity contribution in [1.29, 1.82) is 0 Å². The summed E-state index contributed by atoms with van der Waals surface area (Å²) >= 11 is 4.90. The van der Waals surface area contributed by atoms with Crippen LogP contribution in [0.15, 0.2) is 16.8 Å². The number of nitrogens with two attached hydrogens (primary N) is 1. The fraction of sp³-hybridized carbons (Fsp3) is 0.821. The van der Waals surface area contributed by atoms with Crippen molar-refractivity contribution in [2.24, 2.45) is 57.2 Å². The Bertz CT molecular complexity index is 866. The Labute approximate surface area is 212 Å². The third-order valence-corrected chi connectivity index (χ3v) is 10.4. The van der Waals surface area contributed by atoms with Crippen LogP contribution in [0.2, 0.25) is 0 Å². The van der Waals surface area contributed by atoms with Gasteiger partial charge in [-0.05, 0) is 97.7 Å². The highest BCUT2D eigenvalue weighted by atomic mass is 32.1. The fourth-order valence-electron chi connectivity index (χ4n) is 8.54. The number of hydrogen-bond donors (Lipinski definition) is 3. The molecule has 34 heavy (non-hydrogen) atoms. The number of allylic oxidation sites excluding steroid dienone is 1. The molecule has 1 heterocycles. The molecule has 0 radical (unpaired) electrons. The minimum Gasteiger partial charge on any atom is -0.375 e. The van der Waals surface area contributed by atoms with Gasteiger partial charge in [-0.15, -0.1) is 0 Å². The van der Waals surface area contributed by atoms with E-state index in [2.05, 4.69) is 50.5 Å². The highest BCUT2D eigenvalue weighted by molar-refractivity contribution is 7.80. The number of nitrogens with zero attached hydrogens (tertiary/aromatic N) is 1. The predicted molar refractivity (Wildman–Crippen MR) is 144 cm³/mol. The van der Waals surface area contributed by atoms with E-state index in [0.29, 0.717) is 23.2 Å². The molecule has 4 N–H and O–H groups in total. The highest BCUT2D eigenvalue weighted by Crippen LogP contribution is 2.65. The number of fused-ring (bicyclic) bond motifs is 5. The summed E-state index contributed by atoms with van der Waals surface area (Å²) in [5, 5.41) is 7.85. The minimum atomic E-state index is -0.0875. The van der Waals surface area contributed by atoms with E-state index in [4.69, 9.17) is 18.0 Å². The molecule has 0 spiro atoms. The van der Waals surface area contributed by atoms with Crippen LogP contribution >= 0.6 is 12.2 Å². The van der Waals surface area contributed by atoms with Gasteiger partial charge in [0.2, 0.25) is 5.91 Å². The molecule has 0 aromatic carbocycles. The van der Waals surface area contributed by atoms with Crippen molar-refractivity contribution in [2.75, 3.05) is 6.54 Å². The van der Waals surface area contributed by atoms with E-state index in [1.807, 2.05) is 6.08 Å². The summed E-state index contributed by atoms with van der Waals surface area (Å²) in [6.45, 7) is 13.0. The van der Waals surface area contributed by atoms with Gasteiger partial charge in [0, 0.05) is 17.5 Å². The molecule has 3 aliphatic carbocycles. The van der Waals surface area contributed by atoms with Gasteiger partial charge in [0.1, 0.15) is 0 Å². The van der Waals surface area contributed by atoms with Crippen LogP contribution < -0.4 is 16.5 Å². The number of hydrogen-bond acceptors (Lipinski definition) is 3. The van der Waals surface area contributed by atoms with Crippen molar-refractivity contribution >= 4 is 28.9 Å². The largest absolute Gasteiger partial charge is 0.375 e. The zero-order valence-electron chi connectivity index (χ0n) is 22.0. The smallest absolute Gasteiger partial charge is 0.247 e. The molecule has 0 bridgehead atoms. The average Bonchev–Trinajstić information content (AvgIpc) is 3.08. The first kappa shape index (κ1) is 25.7. The van der Waals surface area contributed by atoms with Crippen LogP contribution in [0.1, 0.15) is 92.4 Å². The van der Waals surface area contributed by atoms with E-state index < -0.39 is 0 Å². The predicted octanol–water partition coefficient (Wildman–Crippen LogP) is 5.55. The molecule has 4 rings (SSSR count). The van der Waals surface area contributed by atoms with Gasteiger partial charge in [0.05, 0.1) is 5.71 Å². The number of hydrazone groups is 1. The minimum absolute atomic E-state index is 0.0875. The van der Waals surface area contributed by atoms with E-state index in [1.54, 1.807) is 0 Å². The molecule has 3 fully saturated rings. The summed E-state index contributed by atoms with van der Waals surface area (Å²) in [7, 11) is 0. The van der Waals surface area contributed by atoms with E-state index in [0.717, 1.165) is 48.4 Å². The van der Waals surface area contributed by atoms with Crippen LogP contribution in [0.5, 0.6) is 0 Å². The molecule has 0 aromatic rings. The molecular formula is C28H46N4OS. The van der Waals surface area contributed by atoms with Gasteiger partial charge in [-0.3, -0.25) is 10.2 Å². The van der Waals surface area contributed by atoms with Gasteiger partial charge in [-0.25, -0.2) is 0 Å². The zero-order chi connectivity index (χ0) is 24.7. The summed E-state index contributed by atoms with van der Waals surface area (Å²) in [6, 6.07) is 0. The summed E-state index contributed by atoms with van der Waals surface area (Å²) in [4.78, 5) is 13.3. The second-order valence-corrected chi connectivity index (χ2v) is 13.1. The van der Waals surface area contributed by atoms with Gasteiger partial charge >= 0.3 is 0 Å². The summed E-state index contributed by atoms with van der Waals surface area (Å²) in [5.74, 6) is 4.35. The molecule has 4 aliphatic rings. The maximum atomic E-state index is 13.3. The third-order valence-electron chi connectivity index (χ3n) is 10.3. The van der Waals surface area contributed by atoms with E-state index in [1.165, 1.54) is 44.9 Å². The number of amides is 1. The van der Waals surface area contributed by atoms with Gasteiger partial charge < -0.3 is 11.1 Å². The molecule has 1 saturated heterocycles. The lowest BCUT2D eigenvalue weighted by Crippen LogP contribution is -2.49. The first-order chi connectivity index (χ1) is 16.1. The monoisotopic (exact) mass is 486 g/mol. The molecule has 1 amide bonds.